The van der Waals surface area contributed by atoms with Crippen LogP contribution in [0.3, 0.4) is 0 Å². The number of aliphatic carboxylic acids is 1. The van der Waals surface area contributed by atoms with Crippen molar-refractivity contribution in [1.82, 2.24) is 0 Å². The number of allylic oxidation sites excluding steroid dienone is 4. The quantitative estimate of drug-likeness (QED) is 0.175. The highest BCUT2D eigenvalue weighted by Crippen LogP contribution is 2.02. The minimum atomic E-state index is -1.17. The summed E-state index contributed by atoms with van der Waals surface area (Å²) < 4.78 is 0. The zero-order chi connectivity index (χ0) is 20.3. The average molecular weight is 364 g/mol. The van der Waals surface area contributed by atoms with Crippen LogP contribution in [0.4, 0.5) is 0 Å². The third-order valence-electron chi connectivity index (χ3n) is 2.60. The highest BCUT2D eigenvalue weighted by molar-refractivity contribution is 5.79. The molecule has 0 aromatic rings. The molecule has 0 bridgehead atoms. The molecule has 0 rings (SSSR count). The number of hydrogen-bond acceptors (Lipinski definition) is 4. The van der Waals surface area contributed by atoms with Crippen molar-refractivity contribution in [2.75, 3.05) is 0 Å². The van der Waals surface area contributed by atoms with E-state index in [1.54, 1.807) is 0 Å². The van der Waals surface area contributed by atoms with Crippen LogP contribution >= 0.6 is 0 Å². The number of carboxylic acid groups (broad SMARTS) is 1. The van der Waals surface area contributed by atoms with E-state index >= 15 is 0 Å². The highest BCUT2D eigenvalue weighted by atomic mass is 16.4. The Hall–Kier alpha value is -3.61. The summed E-state index contributed by atoms with van der Waals surface area (Å²) in [6.07, 6.45) is 9.40. The van der Waals surface area contributed by atoms with E-state index in [1.165, 1.54) is 18.2 Å². The van der Waals surface area contributed by atoms with Gasteiger partial charge in [0.1, 0.15) is 0 Å². The van der Waals surface area contributed by atoms with Gasteiger partial charge in [-0.25, -0.2) is 4.79 Å². The van der Waals surface area contributed by atoms with Gasteiger partial charge in [0.15, 0.2) is 5.76 Å². The minimum Gasteiger partial charge on any atom is -0.500 e. The molecule has 5 nitrogen and oxygen atoms in total. The first-order valence-electron chi connectivity index (χ1n) is 7.96. The van der Waals surface area contributed by atoms with Crippen molar-refractivity contribution in [2.45, 2.75) is 32.0 Å². The van der Waals surface area contributed by atoms with Crippen molar-refractivity contribution in [3.63, 3.8) is 0 Å². The lowest BCUT2D eigenvalue weighted by Crippen LogP contribution is -2.22. The predicted octanol–water partition coefficient (Wildman–Crippen LogP) is 2.94. The van der Waals surface area contributed by atoms with E-state index in [0.29, 0.717) is 6.42 Å². The summed E-state index contributed by atoms with van der Waals surface area (Å²) in [4.78, 5) is 10.1. The summed E-state index contributed by atoms with van der Waals surface area (Å²) in [7, 11) is 0. The van der Waals surface area contributed by atoms with Crippen LogP contribution < -0.4 is 0 Å². The largest absolute Gasteiger partial charge is 0.500 e. The Bertz CT molecular complexity index is 898. The molecule has 0 amide bonds. The third kappa shape index (κ3) is 15.6. The van der Waals surface area contributed by atoms with Gasteiger partial charge in [-0.15, -0.1) is 0 Å². The van der Waals surface area contributed by atoms with Crippen molar-refractivity contribution in [3.8, 4) is 0 Å². The molecule has 0 radical (unpaired) electrons. The van der Waals surface area contributed by atoms with Crippen molar-refractivity contribution in [2.24, 2.45) is 0 Å². The maximum atomic E-state index is 10.1. The first kappa shape index (κ1) is 23.4. The van der Waals surface area contributed by atoms with Gasteiger partial charge in [-0.2, -0.15) is 0 Å². The molecule has 0 heterocycles. The zero-order valence-corrected chi connectivity index (χ0v) is 14.8. The predicted molar refractivity (Wildman–Crippen MR) is 101 cm³/mol. The van der Waals surface area contributed by atoms with E-state index < -0.39 is 18.2 Å². The standard InChI is InChI=1S/C22H20O5/c1-2-3-9-16-20(24)21(25)17-12-7-5-4-6-10-14-19(23)15-11-8-13-18-22(26)27/h3,7,9,12,14,17-18,20-21,23-25H,2,16H2,1H3,(H,26,27)/b9-3-,17-12+/t20-,21+/m0/s1. The average Bonchev–Trinajstić information content (AvgIpc) is 2.63. The van der Waals surface area contributed by atoms with Crippen LogP contribution in [0.15, 0.2) is 94.1 Å². The lowest BCUT2D eigenvalue weighted by Gasteiger charge is -2.11. The fourth-order valence-corrected chi connectivity index (χ4v) is 1.37. The molecule has 0 aromatic carbocycles. The van der Waals surface area contributed by atoms with Gasteiger partial charge < -0.3 is 20.4 Å². The topological polar surface area (TPSA) is 98.0 Å². The molecule has 4 N–H and O–H groups in total. The van der Waals surface area contributed by atoms with Crippen molar-refractivity contribution < 1.29 is 25.2 Å². The molecule has 0 aliphatic heterocycles. The number of aliphatic hydroxyl groups excluding tert-OH is 3. The van der Waals surface area contributed by atoms with Gasteiger partial charge in [0.2, 0.25) is 0 Å². The number of hydrogen-bond donors (Lipinski definition) is 4. The molecule has 0 saturated heterocycles. The van der Waals surface area contributed by atoms with Crippen LogP contribution in [0.1, 0.15) is 19.8 Å². The molecule has 2 atom stereocenters. The Morgan fingerprint density at radius 1 is 0.963 bits per heavy atom. The first-order valence-corrected chi connectivity index (χ1v) is 7.96. The lowest BCUT2D eigenvalue weighted by molar-refractivity contribution is -0.131. The molecule has 138 valence electrons. The number of carboxylic acids is 1. The fourth-order valence-electron chi connectivity index (χ4n) is 1.37. The number of carbonyl (C=O) groups is 1. The lowest BCUT2D eigenvalue weighted by atomic mass is 10.1. The van der Waals surface area contributed by atoms with E-state index in [4.69, 9.17) is 5.11 Å². The summed E-state index contributed by atoms with van der Waals surface area (Å²) in [6.45, 7) is 1.99. The van der Waals surface area contributed by atoms with Crippen LogP contribution in [0, 0.1) is 0 Å². The van der Waals surface area contributed by atoms with Crippen molar-refractivity contribution in [1.29, 1.82) is 0 Å². The molecule has 27 heavy (non-hydrogen) atoms. The smallest absolute Gasteiger partial charge is 0.336 e. The molecule has 0 aromatic heterocycles. The van der Waals surface area contributed by atoms with Crippen LogP contribution in [0.5, 0.6) is 0 Å². The Balaban J connectivity index is 4.93. The molecule has 0 aliphatic carbocycles. The van der Waals surface area contributed by atoms with Crippen LogP contribution in [-0.2, 0) is 4.79 Å². The van der Waals surface area contributed by atoms with Crippen LogP contribution in [0.2, 0.25) is 0 Å². The van der Waals surface area contributed by atoms with E-state index in [9.17, 15) is 20.1 Å². The van der Waals surface area contributed by atoms with Gasteiger partial charge in [0.05, 0.1) is 18.3 Å². The summed E-state index contributed by atoms with van der Waals surface area (Å²) in [6, 6.07) is 0. The maximum absolute atomic E-state index is 10.1. The third-order valence-corrected chi connectivity index (χ3v) is 2.60. The summed E-state index contributed by atoms with van der Waals surface area (Å²) in [5.74, 6) is -1.50. The summed E-state index contributed by atoms with van der Waals surface area (Å²) >= 11 is 0. The first-order chi connectivity index (χ1) is 13.0. The van der Waals surface area contributed by atoms with E-state index in [2.05, 4.69) is 45.8 Å². The number of rotatable bonds is 8. The van der Waals surface area contributed by atoms with Crippen molar-refractivity contribution >= 4 is 5.97 Å². The maximum Gasteiger partial charge on any atom is 0.336 e. The molecule has 0 saturated carbocycles. The van der Waals surface area contributed by atoms with Gasteiger partial charge in [-0.3, -0.25) is 0 Å². The monoisotopic (exact) mass is 364 g/mol. The Morgan fingerprint density at radius 2 is 1.63 bits per heavy atom. The van der Waals surface area contributed by atoms with Gasteiger partial charge in [-0.1, -0.05) is 48.4 Å². The van der Waals surface area contributed by atoms with Gasteiger partial charge in [0.25, 0.3) is 0 Å². The van der Waals surface area contributed by atoms with E-state index in [-0.39, 0.29) is 5.76 Å². The van der Waals surface area contributed by atoms with Crippen LogP contribution in [-0.4, -0.2) is 38.6 Å². The normalized spacial score (nSPS) is 11.2. The molecule has 5 heteroatoms. The minimum absolute atomic E-state index is 0.327. The second-order valence-electron chi connectivity index (χ2n) is 4.80. The summed E-state index contributed by atoms with van der Waals surface area (Å²) in [5.41, 5.74) is 18.9. The SMILES string of the molecule is CC/C=C\C[C@H](O)[C@H](O)/C=C/C=C=C=C=C=CC(O)=C=C=C=C=CC(=O)O. The fraction of sp³-hybridized carbons (Fsp3) is 0.227. The molecule has 0 unspecified atom stereocenters. The molecule has 0 fully saturated rings. The second kappa shape index (κ2) is 15.9. The second-order valence-corrected chi connectivity index (χ2v) is 4.80. The molecular weight excluding hydrogens is 344 g/mol. The van der Waals surface area contributed by atoms with Crippen LogP contribution in [0.25, 0.3) is 0 Å². The van der Waals surface area contributed by atoms with Gasteiger partial charge >= 0.3 is 5.97 Å². The van der Waals surface area contributed by atoms with Crippen molar-refractivity contribution in [3.05, 3.63) is 94.1 Å². The summed E-state index contributed by atoms with van der Waals surface area (Å²) in [5, 5.41) is 37.0. The zero-order valence-electron chi connectivity index (χ0n) is 14.8. The Morgan fingerprint density at radius 3 is 2.33 bits per heavy atom. The molecule has 0 aliphatic rings. The molecular formula is C22H20O5. The molecule has 0 spiro atoms. The van der Waals surface area contributed by atoms with Gasteiger partial charge in [-0.05, 0) is 47.6 Å². The van der Waals surface area contributed by atoms with Gasteiger partial charge in [0, 0.05) is 6.08 Å². The van der Waals surface area contributed by atoms with E-state index in [1.807, 2.05) is 19.1 Å². The number of aliphatic hydroxyl groups is 3. The van der Waals surface area contributed by atoms with E-state index in [0.717, 1.165) is 18.6 Å². The Kier molecular flexibility index (Phi) is 13.8. The highest BCUT2D eigenvalue weighted by Gasteiger charge is 2.10. The Labute approximate surface area is 157 Å².